The van der Waals surface area contributed by atoms with E-state index in [0.717, 1.165) is 19.5 Å². The van der Waals surface area contributed by atoms with E-state index in [-0.39, 0.29) is 18.4 Å². The Morgan fingerprint density at radius 3 is 2.29 bits per heavy atom. The van der Waals surface area contributed by atoms with E-state index < -0.39 is 10.0 Å². The van der Waals surface area contributed by atoms with E-state index in [9.17, 15) is 8.42 Å². The van der Waals surface area contributed by atoms with Gasteiger partial charge in [-0.25, -0.2) is 13.1 Å². The van der Waals surface area contributed by atoms with Gasteiger partial charge in [0.05, 0.1) is 4.90 Å². The molecule has 1 aromatic rings. The fourth-order valence-electron chi connectivity index (χ4n) is 3.12. The fourth-order valence-corrected chi connectivity index (χ4v) is 4.45. The Balaban J connectivity index is 0.00000161. The average Bonchev–Trinajstić information content (AvgIpc) is 2.83. The van der Waals surface area contributed by atoms with Crippen molar-refractivity contribution in [1.29, 1.82) is 0 Å². The van der Waals surface area contributed by atoms with E-state index in [2.05, 4.69) is 23.9 Å². The van der Waals surface area contributed by atoms with Crippen LogP contribution >= 0.6 is 12.4 Å². The fraction of sp³-hybridized carbons (Fsp3) is 0.600. The molecule has 1 aromatic carbocycles. The van der Waals surface area contributed by atoms with Crippen LogP contribution in [0.1, 0.15) is 19.4 Å². The number of rotatable bonds is 5. The topological polar surface area (TPSA) is 58.2 Å². The third-order valence-corrected chi connectivity index (χ3v) is 5.74. The monoisotopic (exact) mass is 330 g/mol. The summed E-state index contributed by atoms with van der Waals surface area (Å²) < 4.78 is 27.5. The molecule has 1 aliphatic heterocycles. The lowest BCUT2D eigenvalue weighted by molar-refractivity contribution is 0.565. The van der Waals surface area contributed by atoms with Crippen LogP contribution in [0.2, 0.25) is 0 Å². The number of piperidine rings is 1. The first-order valence-corrected chi connectivity index (χ1v) is 8.77. The molecule has 2 fully saturated rings. The average molecular weight is 331 g/mol. The molecule has 2 aliphatic rings. The summed E-state index contributed by atoms with van der Waals surface area (Å²) in [6.45, 7) is 6.19. The van der Waals surface area contributed by atoms with Gasteiger partial charge in [0.15, 0.2) is 0 Å². The standard InChI is InChI=1S/C15H22N2O2S.ClH/c1-10(2)7-11-3-5-12(6-4-11)20(18,19)17-15-13-8-16-9-14(13)15;/h3-6,10,13-17H,7-9H2,1-2H3;1H. The summed E-state index contributed by atoms with van der Waals surface area (Å²) in [6, 6.07) is 7.41. The van der Waals surface area contributed by atoms with Crippen molar-refractivity contribution in [3.05, 3.63) is 29.8 Å². The zero-order valence-electron chi connectivity index (χ0n) is 12.4. The molecule has 1 aliphatic carbocycles. The Hall–Kier alpha value is -0.620. The zero-order chi connectivity index (χ0) is 14.3. The molecule has 4 nitrogen and oxygen atoms in total. The van der Waals surface area contributed by atoms with Gasteiger partial charge in [-0.05, 0) is 55.0 Å². The van der Waals surface area contributed by atoms with Gasteiger partial charge >= 0.3 is 0 Å². The highest BCUT2D eigenvalue weighted by Crippen LogP contribution is 2.42. The molecule has 2 atom stereocenters. The third kappa shape index (κ3) is 3.59. The molecule has 2 unspecified atom stereocenters. The second kappa shape index (κ2) is 6.24. The van der Waals surface area contributed by atoms with Crippen LogP contribution in [0.15, 0.2) is 29.2 Å². The molecular formula is C15H23ClN2O2S. The molecule has 1 saturated heterocycles. The summed E-state index contributed by atoms with van der Waals surface area (Å²) in [7, 11) is -3.36. The zero-order valence-corrected chi connectivity index (χ0v) is 14.0. The predicted molar refractivity (Wildman–Crippen MR) is 86.2 cm³/mol. The maximum absolute atomic E-state index is 12.3. The van der Waals surface area contributed by atoms with Crippen LogP contribution in [0.25, 0.3) is 0 Å². The van der Waals surface area contributed by atoms with Gasteiger partial charge in [0, 0.05) is 6.04 Å². The second-order valence-corrected chi connectivity index (χ2v) is 8.09. The number of hydrogen-bond donors (Lipinski definition) is 2. The van der Waals surface area contributed by atoms with Crippen LogP contribution in [-0.2, 0) is 16.4 Å². The first-order chi connectivity index (χ1) is 9.47. The van der Waals surface area contributed by atoms with Gasteiger partial charge in [0.2, 0.25) is 10.0 Å². The maximum atomic E-state index is 12.3. The van der Waals surface area contributed by atoms with Gasteiger partial charge in [0.25, 0.3) is 0 Å². The predicted octanol–water partition coefficient (Wildman–Crippen LogP) is 1.80. The number of halogens is 1. The molecule has 3 rings (SSSR count). The van der Waals surface area contributed by atoms with Gasteiger partial charge in [0.1, 0.15) is 0 Å². The minimum atomic E-state index is -3.36. The molecule has 21 heavy (non-hydrogen) atoms. The SMILES string of the molecule is CC(C)Cc1ccc(S(=O)(=O)NC2C3CNCC32)cc1.Cl. The van der Waals surface area contributed by atoms with Crippen LogP contribution in [0, 0.1) is 17.8 Å². The van der Waals surface area contributed by atoms with Crippen molar-refractivity contribution in [3.63, 3.8) is 0 Å². The van der Waals surface area contributed by atoms with Crippen LogP contribution in [-0.4, -0.2) is 27.5 Å². The molecule has 2 N–H and O–H groups in total. The minimum Gasteiger partial charge on any atom is -0.316 e. The van der Waals surface area contributed by atoms with E-state index in [1.807, 2.05) is 12.1 Å². The number of benzene rings is 1. The van der Waals surface area contributed by atoms with E-state index in [1.165, 1.54) is 5.56 Å². The summed E-state index contributed by atoms with van der Waals surface area (Å²) in [5.41, 5.74) is 1.19. The number of sulfonamides is 1. The molecule has 0 aromatic heterocycles. The molecule has 0 spiro atoms. The normalized spacial score (nSPS) is 27.3. The van der Waals surface area contributed by atoms with Crippen molar-refractivity contribution >= 4 is 22.4 Å². The lowest BCUT2D eigenvalue weighted by atomic mass is 10.0. The Labute approximate surface area is 133 Å². The van der Waals surface area contributed by atoms with Crippen molar-refractivity contribution in [3.8, 4) is 0 Å². The minimum absolute atomic E-state index is 0. The Bertz CT molecular complexity index is 576. The highest BCUT2D eigenvalue weighted by atomic mass is 35.5. The Kier molecular flexibility index (Phi) is 4.98. The van der Waals surface area contributed by atoms with Crippen molar-refractivity contribution < 1.29 is 8.42 Å². The van der Waals surface area contributed by atoms with E-state index in [1.54, 1.807) is 12.1 Å². The third-order valence-electron chi connectivity index (χ3n) is 4.26. The number of nitrogens with one attached hydrogen (secondary N) is 2. The Morgan fingerprint density at radius 1 is 1.19 bits per heavy atom. The van der Waals surface area contributed by atoms with E-state index in [4.69, 9.17) is 0 Å². The van der Waals surface area contributed by atoms with Crippen LogP contribution < -0.4 is 10.0 Å². The summed E-state index contributed by atoms with van der Waals surface area (Å²) in [5, 5.41) is 3.27. The van der Waals surface area contributed by atoms with Gasteiger partial charge in [-0.1, -0.05) is 26.0 Å². The van der Waals surface area contributed by atoms with Crippen molar-refractivity contribution in [2.24, 2.45) is 17.8 Å². The maximum Gasteiger partial charge on any atom is 0.240 e. The van der Waals surface area contributed by atoms with Crippen LogP contribution in [0.4, 0.5) is 0 Å². The smallest absolute Gasteiger partial charge is 0.240 e. The molecule has 0 amide bonds. The van der Waals surface area contributed by atoms with Crippen molar-refractivity contribution in [2.75, 3.05) is 13.1 Å². The lowest BCUT2D eigenvalue weighted by Gasteiger charge is -2.10. The first kappa shape index (κ1) is 16.7. The van der Waals surface area contributed by atoms with Gasteiger partial charge < -0.3 is 5.32 Å². The molecule has 6 heteroatoms. The van der Waals surface area contributed by atoms with Crippen molar-refractivity contribution in [2.45, 2.75) is 31.2 Å². The second-order valence-electron chi connectivity index (χ2n) is 6.37. The van der Waals surface area contributed by atoms with Gasteiger partial charge in [-0.3, -0.25) is 0 Å². The molecule has 0 bridgehead atoms. The molecule has 1 heterocycles. The summed E-state index contributed by atoms with van der Waals surface area (Å²) in [6.07, 6.45) is 0.978. The number of hydrogen-bond acceptors (Lipinski definition) is 3. The highest BCUT2D eigenvalue weighted by molar-refractivity contribution is 7.89. The van der Waals surface area contributed by atoms with Crippen LogP contribution in [0.3, 0.4) is 0 Å². The van der Waals surface area contributed by atoms with Crippen molar-refractivity contribution in [1.82, 2.24) is 10.0 Å². The van der Waals surface area contributed by atoms with Crippen LogP contribution in [0.5, 0.6) is 0 Å². The Morgan fingerprint density at radius 2 is 1.76 bits per heavy atom. The molecule has 0 radical (unpaired) electrons. The molecule has 1 saturated carbocycles. The first-order valence-electron chi connectivity index (χ1n) is 7.29. The summed E-state index contributed by atoms with van der Waals surface area (Å²) >= 11 is 0. The summed E-state index contributed by atoms with van der Waals surface area (Å²) in [5.74, 6) is 1.56. The van der Waals surface area contributed by atoms with E-state index >= 15 is 0 Å². The van der Waals surface area contributed by atoms with Gasteiger partial charge in [-0.15, -0.1) is 12.4 Å². The lowest BCUT2D eigenvalue weighted by Crippen LogP contribution is -2.32. The highest BCUT2D eigenvalue weighted by Gasteiger charge is 2.54. The quantitative estimate of drug-likeness (QED) is 0.865. The summed E-state index contributed by atoms with van der Waals surface area (Å²) in [4.78, 5) is 0.378. The molecule has 118 valence electrons. The largest absolute Gasteiger partial charge is 0.316 e. The van der Waals surface area contributed by atoms with E-state index in [0.29, 0.717) is 22.6 Å². The number of fused-ring (bicyclic) bond motifs is 1. The molecular weight excluding hydrogens is 308 g/mol. The van der Waals surface area contributed by atoms with Gasteiger partial charge in [-0.2, -0.15) is 0 Å².